The van der Waals surface area contributed by atoms with E-state index in [1.54, 1.807) is 18.2 Å². The third-order valence-corrected chi connectivity index (χ3v) is 6.26. The minimum Gasteiger partial charge on any atom is -0.506 e. The molecular formula is C31H33NO6. The van der Waals surface area contributed by atoms with Crippen LogP contribution in [0.2, 0.25) is 0 Å². The summed E-state index contributed by atoms with van der Waals surface area (Å²) in [4.78, 5) is 28.4. The highest BCUT2D eigenvalue weighted by molar-refractivity contribution is 6.46. The first-order valence-corrected chi connectivity index (χ1v) is 12.4. The van der Waals surface area contributed by atoms with E-state index < -0.39 is 17.7 Å². The number of carbonyl (C=O) groups is 2. The molecule has 1 atom stereocenters. The summed E-state index contributed by atoms with van der Waals surface area (Å²) in [5.74, 6) is -0.449. The van der Waals surface area contributed by atoms with Gasteiger partial charge in [0.2, 0.25) is 0 Å². The van der Waals surface area contributed by atoms with Crippen molar-refractivity contribution in [2.75, 3.05) is 14.2 Å². The predicted molar refractivity (Wildman–Crippen MR) is 145 cm³/mol. The van der Waals surface area contributed by atoms with E-state index in [2.05, 4.69) is 0 Å². The van der Waals surface area contributed by atoms with Crippen LogP contribution in [-0.2, 0) is 16.1 Å². The molecule has 1 amide bonds. The highest BCUT2D eigenvalue weighted by atomic mass is 16.5. The molecule has 38 heavy (non-hydrogen) atoms. The molecule has 1 aliphatic heterocycles. The zero-order valence-corrected chi connectivity index (χ0v) is 22.6. The fourth-order valence-corrected chi connectivity index (χ4v) is 4.66. The van der Waals surface area contributed by atoms with E-state index >= 15 is 0 Å². The predicted octanol–water partition coefficient (Wildman–Crippen LogP) is 5.81. The van der Waals surface area contributed by atoms with Crippen molar-refractivity contribution in [3.05, 3.63) is 94.6 Å². The Morgan fingerprint density at radius 2 is 1.53 bits per heavy atom. The van der Waals surface area contributed by atoms with Crippen molar-refractivity contribution in [2.24, 2.45) is 0 Å². The molecule has 7 nitrogen and oxygen atoms in total. The number of benzene rings is 3. The zero-order valence-electron chi connectivity index (χ0n) is 22.6. The van der Waals surface area contributed by atoms with Gasteiger partial charge in [-0.2, -0.15) is 0 Å². The highest BCUT2D eigenvalue weighted by Crippen LogP contribution is 2.44. The van der Waals surface area contributed by atoms with Gasteiger partial charge in [-0.15, -0.1) is 0 Å². The lowest BCUT2D eigenvalue weighted by molar-refractivity contribution is -0.140. The number of Topliss-reactive ketones (excluding diaryl/α,β-unsaturated/α-hetero) is 1. The lowest BCUT2D eigenvalue weighted by Crippen LogP contribution is -2.29. The van der Waals surface area contributed by atoms with Gasteiger partial charge in [0, 0.05) is 6.54 Å². The molecule has 3 aromatic rings. The Morgan fingerprint density at radius 3 is 2.08 bits per heavy atom. The normalized spacial score (nSPS) is 17.0. The van der Waals surface area contributed by atoms with Gasteiger partial charge in [0.25, 0.3) is 11.7 Å². The van der Waals surface area contributed by atoms with Crippen LogP contribution in [0.3, 0.4) is 0 Å². The second-order valence-electron chi connectivity index (χ2n) is 10.2. The molecule has 3 aromatic carbocycles. The third-order valence-electron chi connectivity index (χ3n) is 6.26. The van der Waals surface area contributed by atoms with Crippen molar-refractivity contribution in [1.29, 1.82) is 0 Å². The van der Waals surface area contributed by atoms with Crippen molar-refractivity contribution in [3.8, 4) is 17.2 Å². The average Bonchev–Trinajstić information content (AvgIpc) is 3.13. The highest BCUT2D eigenvalue weighted by Gasteiger charge is 2.46. The van der Waals surface area contributed by atoms with E-state index in [0.717, 1.165) is 11.1 Å². The van der Waals surface area contributed by atoms with Crippen molar-refractivity contribution < 1.29 is 28.9 Å². The lowest BCUT2D eigenvalue weighted by Gasteiger charge is -2.26. The first-order valence-electron chi connectivity index (χ1n) is 12.4. The summed E-state index contributed by atoms with van der Waals surface area (Å²) in [5, 5.41) is 11.6. The molecule has 1 saturated heterocycles. The molecule has 0 spiro atoms. The average molecular weight is 516 g/mol. The first-order chi connectivity index (χ1) is 18.0. The number of ether oxygens (including phenoxy) is 3. The summed E-state index contributed by atoms with van der Waals surface area (Å²) in [7, 11) is 2.93. The second-order valence-corrected chi connectivity index (χ2v) is 10.2. The molecule has 1 aliphatic rings. The number of methoxy groups -OCH3 is 2. The summed E-state index contributed by atoms with van der Waals surface area (Å²) in [6.45, 7) is 8.02. The Balaban J connectivity index is 1.83. The van der Waals surface area contributed by atoms with E-state index in [9.17, 15) is 14.7 Å². The van der Waals surface area contributed by atoms with Crippen LogP contribution < -0.4 is 14.2 Å². The van der Waals surface area contributed by atoms with E-state index in [1.807, 2.05) is 76.2 Å². The Labute approximate surface area is 223 Å². The molecule has 0 radical (unpaired) electrons. The third kappa shape index (κ3) is 5.37. The number of amides is 1. The van der Waals surface area contributed by atoms with Crippen LogP contribution in [0.15, 0.2) is 72.3 Å². The maximum Gasteiger partial charge on any atom is 0.295 e. The zero-order chi connectivity index (χ0) is 27.6. The number of aliphatic hydroxyl groups is 1. The molecule has 4 rings (SSSR count). The monoisotopic (exact) mass is 515 g/mol. The summed E-state index contributed by atoms with van der Waals surface area (Å²) in [6.07, 6.45) is 0. The molecular weight excluding hydrogens is 482 g/mol. The van der Waals surface area contributed by atoms with Crippen molar-refractivity contribution in [2.45, 2.75) is 45.9 Å². The Kier molecular flexibility index (Phi) is 7.49. The molecule has 7 heteroatoms. The summed E-state index contributed by atoms with van der Waals surface area (Å²) in [5.41, 5.74) is 2.36. The van der Waals surface area contributed by atoms with Crippen LogP contribution in [-0.4, -0.2) is 41.5 Å². The van der Waals surface area contributed by atoms with Gasteiger partial charge in [-0.3, -0.25) is 9.59 Å². The van der Waals surface area contributed by atoms with Crippen LogP contribution in [0.5, 0.6) is 17.2 Å². The van der Waals surface area contributed by atoms with E-state index in [-0.39, 0.29) is 29.0 Å². The number of rotatable bonds is 7. The van der Waals surface area contributed by atoms with Gasteiger partial charge < -0.3 is 24.2 Å². The maximum atomic E-state index is 13.5. The topological polar surface area (TPSA) is 85.3 Å². The van der Waals surface area contributed by atoms with E-state index in [0.29, 0.717) is 22.8 Å². The molecule has 198 valence electrons. The number of ketones is 1. The van der Waals surface area contributed by atoms with Crippen molar-refractivity contribution in [1.82, 2.24) is 4.90 Å². The van der Waals surface area contributed by atoms with Crippen LogP contribution in [0, 0.1) is 6.92 Å². The second kappa shape index (κ2) is 10.6. The molecule has 0 saturated carbocycles. The molecule has 0 aliphatic carbocycles. The van der Waals surface area contributed by atoms with Gasteiger partial charge in [-0.1, -0.05) is 48.0 Å². The summed E-state index contributed by atoms with van der Waals surface area (Å²) >= 11 is 0. The summed E-state index contributed by atoms with van der Waals surface area (Å²) < 4.78 is 16.8. The minimum atomic E-state index is -0.810. The van der Waals surface area contributed by atoms with Crippen LogP contribution >= 0.6 is 0 Å². The fourth-order valence-electron chi connectivity index (χ4n) is 4.66. The first kappa shape index (κ1) is 26.8. The Hall–Kier alpha value is -4.26. The van der Waals surface area contributed by atoms with Gasteiger partial charge in [0.1, 0.15) is 34.2 Å². The number of aliphatic hydroxyl groups excluding tert-OH is 1. The number of aryl methyl sites for hydroxylation is 1. The molecule has 1 heterocycles. The van der Waals surface area contributed by atoms with Crippen molar-refractivity contribution in [3.63, 3.8) is 0 Å². The number of likely N-dealkylation sites (tertiary alicyclic amines) is 1. The number of hydrogen-bond acceptors (Lipinski definition) is 6. The summed E-state index contributed by atoms with van der Waals surface area (Å²) in [6, 6.07) is 19.2. The van der Waals surface area contributed by atoms with Crippen LogP contribution in [0.25, 0.3) is 5.76 Å². The Bertz CT molecular complexity index is 1360. The smallest absolute Gasteiger partial charge is 0.295 e. The van der Waals surface area contributed by atoms with Gasteiger partial charge in [0.15, 0.2) is 0 Å². The molecule has 0 aromatic heterocycles. The fraction of sp³-hybridized carbons (Fsp3) is 0.290. The van der Waals surface area contributed by atoms with Crippen molar-refractivity contribution >= 4 is 17.4 Å². The number of hydrogen-bond donors (Lipinski definition) is 1. The van der Waals surface area contributed by atoms with Gasteiger partial charge in [-0.25, -0.2) is 0 Å². The number of carbonyl (C=O) groups excluding carboxylic acids is 2. The van der Waals surface area contributed by atoms with Gasteiger partial charge >= 0.3 is 0 Å². The van der Waals surface area contributed by atoms with E-state index in [4.69, 9.17) is 14.2 Å². The Morgan fingerprint density at radius 1 is 0.921 bits per heavy atom. The maximum absolute atomic E-state index is 13.5. The van der Waals surface area contributed by atoms with Crippen LogP contribution in [0.1, 0.15) is 49.1 Å². The SMILES string of the molecule is COc1cccc(OC)c1/C(O)=C1\C(=O)C(=O)N(Cc2ccc(OC(C)(C)C)cc2)C1c1cccc(C)c1. The van der Waals surface area contributed by atoms with Crippen LogP contribution in [0.4, 0.5) is 0 Å². The standard InChI is InChI=1S/C31H33NO6/c1-19-9-7-10-21(17-19)27-26(28(33)25-23(36-5)11-8-12-24(25)37-6)29(34)30(35)32(27)18-20-13-15-22(16-14-20)38-31(2,3)4/h7-17,27,33H,18H2,1-6H3/b28-26+. The van der Waals surface area contributed by atoms with Gasteiger partial charge in [0.05, 0.1) is 25.8 Å². The largest absolute Gasteiger partial charge is 0.506 e. The minimum absolute atomic E-state index is 0.0175. The van der Waals surface area contributed by atoms with Gasteiger partial charge in [-0.05, 0) is 63.1 Å². The van der Waals surface area contributed by atoms with E-state index in [1.165, 1.54) is 19.1 Å². The molecule has 0 bridgehead atoms. The number of nitrogens with zero attached hydrogens (tertiary/aromatic N) is 1. The molecule has 1 fully saturated rings. The lowest BCUT2D eigenvalue weighted by atomic mass is 9.93. The quantitative estimate of drug-likeness (QED) is 0.243. The molecule has 1 N–H and O–H groups in total. The molecule has 1 unspecified atom stereocenters.